The Labute approximate surface area is 140 Å². The Morgan fingerprint density at radius 2 is 2.00 bits per heavy atom. The van der Waals surface area contributed by atoms with Gasteiger partial charge in [0.2, 0.25) is 5.95 Å². The smallest absolute Gasteiger partial charge is 0.270 e. The molecule has 0 fully saturated rings. The highest BCUT2D eigenvalue weighted by atomic mass is 16.2. The van der Waals surface area contributed by atoms with Gasteiger partial charge < -0.3 is 0 Å². The van der Waals surface area contributed by atoms with Gasteiger partial charge >= 0.3 is 0 Å². The number of carbonyl (C=O) groups excluding carboxylic acids is 1. The molecule has 0 unspecified atom stereocenters. The summed E-state index contributed by atoms with van der Waals surface area (Å²) in [5, 5.41) is 9.08. The Morgan fingerprint density at radius 3 is 2.84 bits per heavy atom. The summed E-state index contributed by atoms with van der Waals surface area (Å²) in [7, 11) is 0. The van der Waals surface area contributed by atoms with Gasteiger partial charge in [0.15, 0.2) is 5.82 Å². The molecule has 0 radical (unpaired) electrons. The third kappa shape index (κ3) is 2.74. The quantitative estimate of drug-likeness (QED) is 0.580. The first-order chi connectivity index (χ1) is 12.2. The molecule has 122 valence electrons. The third-order valence-corrected chi connectivity index (χ3v) is 3.48. The summed E-state index contributed by atoms with van der Waals surface area (Å²) in [5.74, 6) is -0.185. The van der Waals surface area contributed by atoms with Crippen LogP contribution >= 0.6 is 0 Å². The predicted molar refractivity (Wildman–Crippen MR) is 89.0 cm³/mol. The van der Waals surface area contributed by atoms with Crippen LogP contribution in [0, 0.1) is 0 Å². The van der Waals surface area contributed by atoms with Crippen molar-refractivity contribution >= 4 is 17.5 Å². The van der Waals surface area contributed by atoms with E-state index in [4.69, 9.17) is 0 Å². The molecule has 4 heterocycles. The van der Waals surface area contributed by atoms with Crippen molar-refractivity contribution in [2.24, 2.45) is 0 Å². The van der Waals surface area contributed by atoms with E-state index in [-0.39, 0.29) is 11.5 Å². The van der Waals surface area contributed by atoms with Crippen LogP contribution in [0.1, 0.15) is 10.4 Å². The molecule has 25 heavy (non-hydrogen) atoms. The van der Waals surface area contributed by atoms with Crippen LogP contribution in [0.2, 0.25) is 0 Å². The molecule has 4 aromatic heterocycles. The van der Waals surface area contributed by atoms with Crippen LogP contribution in [-0.2, 0) is 0 Å². The number of H-pyrrole nitrogens is 1. The van der Waals surface area contributed by atoms with Gasteiger partial charge in [-0.15, -0.1) is 5.10 Å². The number of hydrogen-bond acceptors (Lipinski definition) is 6. The lowest BCUT2D eigenvalue weighted by Crippen LogP contribution is -2.26. The van der Waals surface area contributed by atoms with Gasteiger partial charge in [0.05, 0.1) is 0 Å². The summed E-state index contributed by atoms with van der Waals surface area (Å²) in [6, 6.07) is 10.5. The first kappa shape index (κ1) is 14.7. The van der Waals surface area contributed by atoms with Crippen molar-refractivity contribution in [3.63, 3.8) is 0 Å². The minimum atomic E-state index is -0.637. The number of aromatic nitrogens is 6. The van der Waals surface area contributed by atoms with Gasteiger partial charge in [-0.3, -0.25) is 29.4 Å². The molecule has 0 saturated carbocycles. The van der Waals surface area contributed by atoms with Crippen molar-refractivity contribution in [3.8, 4) is 11.5 Å². The minimum absolute atomic E-state index is 0.0446. The fraction of sp³-hybridized carbons (Fsp3) is 0. The molecule has 0 aliphatic rings. The SMILES string of the molecule is O=C(Nc1n[nH]c(-c2ccccn2)n1)c1cnc2ccccn2c1=O. The van der Waals surface area contributed by atoms with E-state index in [0.29, 0.717) is 17.2 Å². The average Bonchev–Trinajstić information content (AvgIpc) is 3.11. The third-order valence-electron chi connectivity index (χ3n) is 3.48. The van der Waals surface area contributed by atoms with Crippen molar-refractivity contribution < 1.29 is 4.79 Å². The lowest BCUT2D eigenvalue weighted by Gasteiger charge is -2.03. The Hall–Kier alpha value is -3.88. The summed E-state index contributed by atoms with van der Waals surface area (Å²) in [4.78, 5) is 37.1. The standard InChI is InChI=1S/C16H11N7O2/c24-14(10-9-18-12-6-2-4-8-23(12)15(10)25)20-16-19-13(21-22-16)11-5-1-3-7-17-11/h1-9H,(H2,19,20,21,22,24). The number of amides is 1. The van der Waals surface area contributed by atoms with Crippen molar-refractivity contribution in [1.29, 1.82) is 0 Å². The molecular weight excluding hydrogens is 322 g/mol. The number of anilines is 1. The Morgan fingerprint density at radius 1 is 1.12 bits per heavy atom. The molecule has 0 spiro atoms. The maximum absolute atomic E-state index is 12.4. The van der Waals surface area contributed by atoms with E-state index < -0.39 is 11.5 Å². The molecule has 1 amide bonds. The summed E-state index contributed by atoms with van der Waals surface area (Å²) < 4.78 is 1.30. The fourth-order valence-electron chi connectivity index (χ4n) is 2.29. The molecule has 0 bridgehead atoms. The lowest BCUT2D eigenvalue weighted by molar-refractivity contribution is 0.102. The van der Waals surface area contributed by atoms with E-state index in [0.717, 1.165) is 0 Å². The van der Waals surface area contributed by atoms with E-state index in [9.17, 15) is 9.59 Å². The van der Waals surface area contributed by atoms with E-state index in [1.165, 1.54) is 10.6 Å². The number of aromatic amines is 1. The molecule has 0 atom stereocenters. The molecule has 9 heteroatoms. The van der Waals surface area contributed by atoms with Gasteiger partial charge in [0.1, 0.15) is 16.9 Å². The van der Waals surface area contributed by atoms with E-state index in [1.54, 1.807) is 42.7 Å². The van der Waals surface area contributed by atoms with Crippen LogP contribution in [0.4, 0.5) is 5.95 Å². The van der Waals surface area contributed by atoms with Crippen molar-refractivity contribution in [1.82, 2.24) is 29.5 Å². The van der Waals surface area contributed by atoms with Crippen LogP contribution < -0.4 is 10.9 Å². The zero-order valence-corrected chi connectivity index (χ0v) is 12.7. The summed E-state index contributed by atoms with van der Waals surface area (Å²) >= 11 is 0. The number of pyridine rings is 2. The zero-order chi connectivity index (χ0) is 17.2. The Kier molecular flexibility index (Phi) is 3.51. The van der Waals surface area contributed by atoms with E-state index in [2.05, 4.69) is 30.5 Å². The van der Waals surface area contributed by atoms with Gasteiger partial charge in [-0.05, 0) is 24.3 Å². The number of carbonyl (C=O) groups is 1. The monoisotopic (exact) mass is 333 g/mol. The van der Waals surface area contributed by atoms with Crippen LogP contribution in [0.15, 0.2) is 59.8 Å². The summed E-state index contributed by atoms with van der Waals surface area (Å²) in [6.45, 7) is 0. The number of hydrogen-bond donors (Lipinski definition) is 2. The van der Waals surface area contributed by atoms with Crippen molar-refractivity contribution in [2.75, 3.05) is 5.32 Å². The van der Waals surface area contributed by atoms with E-state index >= 15 is 0 Å². The van der Waals surface area contributed by atoms with Gasteiger partial charge in [-0.25, -0.2) is 4.98 Å². The number of rotatable bonds is 3. The molecular formula is C16H11N7O2. The lowest BCUT2D eigenvalue weighted by atomic mass is 10.3. The highest BCUT2D eigenvalue weighted by molar-refractivity contribution is 6.03. The van der Waals surface area contributed by atoms with Crippen molar-refractivity contribution in [3.05, 3.63) is 70.9 Å². The summed E-state index contributed by atoms with van der Waals surface area (Å²) in [5.41, 5.74) is 0.471. The molecule has 0 aromatic carbocycles. The van der Waals surface area contributed by atoms with Crippen LogP contribution in [-0.4, -0.2) is 35.5 Å². The first-order valence-corrected chi connectivity index (χ1v) is 7.34. The molecule has 4 rings (SSSR count). The van der Waals surface area contributed by atoms with Gasteiger partial charge in [-0.1, -0.05) is 12.1 Å². The second kappa shape index (κ2) is 5.96. The van der Waals surface area contributed by atoms with Gasteiger partial charge in [0, 0.05) is 18.6 Å². The predicted octanol–water partition coefficient (Wildman–Crippen LogP) is 1.13. The number of nitrogens with zero attached hydrogens (tertiary/aromatic N) is 5. The molecule has 4 aromatic rings. The molecule has 9 nitrogen and oxygen atoms in total. The number of fused-ring (bicyclic) bond motifs is 1. The molecule has 0 aliphatic heterocycles. The van der Waals surface area contributed by atoms with Crippen molar-refractivity contribution in [2.45, 2.75) is 0 Å². The van der Waals surface area contributed by atoms with Crippen LogP contribution in [0.3, 0.4) is 0 Å². The second-order valence-electron chi connectivity index (χ2n) is 5.08. The average molecular weight is 333 g/mol. The second-order valence-corrected chi connectivity index (χ2v) is 5.08. The first-order valence-electron chi connectivity index (χ1n) is 7.34. The van der Waals surface area contributed by atoms with Gasteiger partial charge in [-0.2, -0.15) is 4.98 Å². The topological polar surface area (TPSA) is 118 Å². The van der Waals surface area contributed by atoms with Crippen LogP contribution in [0.5, 0.6) is 0 Å². The highest BCUT2D eigenvalue weighted by Gasteiger charge is 2.16. The normalized spacial score (nSPS) is 10.7. The molecule has 0 saturated heterocycles. The fourth-order valence-corrected chi connectivity index (χ4v) is 2.29. The van der Waals surface area contributed by atoms with E-state index in [1.807, 2.05) is 6.07 Å². The van der Waals surface area contributed by atoms with Gasteiger partial charge in [0.25, 0.3) is 11.5 Å². The Balaban J connectivity index is 1.62. The maximum Gasteiger partial charge on any atom is 0.270 e. The molecule has 0 aliphatic carbocycles. The maximum atomic E-state index is 12.4. The minimum Gasteiger partial charge on any atom is -0.289 e. The summed E-state index contributed by atoms with van der Waals surface area (Å²) in [6.07, 6.45) is 4.41. The largest absolute Gasteiger partial charge is 0.289 e. The van der Waals surface area contributed by atoms with Crippen LogP contribution in [0.25, 0.3) is 17.2 Å². The molecule has 2 N–H and O–H groups in total. The highest BCUT2D eigenvalue weighted by Crippen LogP contribution is 2.12. The zero-order valence-electron chi connectivity index (χ0n) is 12.7. The number of nitrogens with one attached hydrogen (secondary N) is 2. The Bertz CT molecular complexity index is 1120.